The van der Waals surface area contributed by atoms with Crippen molar-refractivity contribution in [3.8, 4) is 0 Å². The van der Waals surface area contributed by atoms with Crippen LogP contribution in [0.1, 0.15) is 33.3 Å². The van der Waals surface area contributed by atoms with Crippen LogP contribution in [0.2, 0.25) is 0 Å². The Morgan fingerprint density at radius 2 is 1.95 bits per heavy atom. The maximum Gasteiger partial charge on any atom is 0.354 e. The van der Waals surface area contributed by atoms with Crippen LogP contribution in [0, 0.1) is 0 Å². The minimum atomic E-state index is -0.449. The van der Waals surface area contributed by atoms with Gasteiger partial charge in [0.1, 0.15) is 5.69 Å². The SMILES string of the molecule is CCOC(=O)c1cc(C(=O)Cc2ccc(Br)cc2)c[nH]1. The lowest BCUT2D eigenvalue weighted by molar-refractivity contribution is 0.0520. The number of H-pyrrole nitrogens is 1. The number of hydrogen-bond acceptors (Lipinski definition) is 3. The molecule has 1 aromatic heterocycles. The molecule has 104 valence electrons. The fourth-order valence-electron chi connectivity index (χ4n) is 1.77. The van der Waals surface area contributed by atoms with Crippen molar-refractivity contribution in [2.45, 2.75) is 13.3 Å². The third-order valence-electron chi connectivity index (χ3n) is 2.78. The minimum absolute atomic E-state index is 0.0425. The summed E-state index contributed by atoms with van der Waals surface area (Å²) in [4.78, 5) is 26.4. The first kappa shape index (κ1) is 14.5. The van der Waals surface area contributed by atoms with Gasteiger partial charge in [-0.1, -0.05) is 28.1 Å². The van der Waals surface area contributed by atoms with E-state index in [-0.39, 0.29) is 5.78 Å². The second-order valence-electron chi connectivity index (χ2n) is 4.25. The van der Waals surface area contributed by atoms with E-state index in [9.17, 15) is 9.59 Å². The summed E-state index contributed by atoms with van der Waals surface area (Å²) in [6.07, 6.45) is 1.83. The molecule has 2 aromatic rings. The van der Waals surface area contributed by atoms with Crippen molar-refractivity contribution in [3.05, 3.63) is 57.8 Å². The summed E-state index contributed by atoms with van der Waals surface area (Å²) in [5.41, 5.74) is 1.71. The Morgan fingerprint density at radius 3 is 2.60 bits per heavy atom. The molecule has 0 amide bonds. The molecule has 1 aromatic carbocycles. The lowest BCUT2D eigenvalue weighted by Gasteiger charge is -1.99. The number of aromatic nitrogens is 1. The van der Waals surface area contributed by atoms with E-state index in [1.165, 1.54) is 12.3 Å². The molecule has 0 saturated carbocycles. The van der Waals surface area contributed by atoms with Gasteiger partial charge in [-0.3, -0.25) is 4.79 Å². The van der Waals surface area contributed by atoms with Gasteiger partial charge in [-0.05, 0) is 30.7 Å². The molecule has 0 radical (unpaired) electrons. The summed E-state index contributed by atoms with van der Waals surface area (Å²) in [5, 5.41) is 0. The first-order valence-corrected chi connectivity index (χ1v) is 7.02. The number of ketones is 1. The molecule has 0 saturated heterocycles. The number of aromatic amines is 1. The number of benzene rings is 1. The molecule has 0 bridgehead atoms. The number of carbonyl (C=O) groups is 2. The first-order chi connectivity index (χ1) is 9.60. The zero-order chi connectivity index (χ0) is 14.5. The van der Waals surface area contributed by atoms with Crippen molar-refractivity contribution >= 4 is 27.7 Å². The van der Waals surface area contributed by atoms with Gasteiger partial charge in [0.05, 0.1) is 6.61 Å². The van der Waals surface area contributed by atoms with Gasteiger partial charge in [0.15, 0.2) is 5.78 Å². The van der Waals surface area contributed by atoms with Crippen LogP contribution in [0.25, 0.3) is 0 Å². The van der Waals surface area contributed by atoms with Crippen LogP contribution in [0.5, 0.6) is 0 Å². The Bertz CT molecular complexity index is 616. The van der Waals surface area contributed by atoms with Crippen LogP contribution in [0.3, 0.4) is 0 Å². The van der Waals surface area contributed by atoms with E-state index in [1.807, 2.05) is 24.3 Å². The molecule has 1 heterocycles. The number of esters is 1. The highest BCUT2D eigenvalue weighted by atomic mass is 79.9. The van der Waals surface area contributed by atoms with Gasteiger partial charge in [-0.2, -0.15) is 0 Å². The molecule has 5 heteroatoms. The van der Waals surface area contributed by atoms with Gasteiger partial charge < -0.3 is 9.72 Å². The highest BCUT2D eigenvalue weighted by Crippen LogP contribution is 2.14. The molecule has 2 rings (SSSR count). The van der Waals surface area contributed by atoms with E-state index in [2.05, 4.69) is 20.9 Å². The van der Waals surface area contributed by atoms with E-state index in [4.69, 9.17) is 4.74 Å². The van der Waals surface area contributed by atoms with Crippen LogP contribution in [0.4, 0.5) is 0 Å². The van der Waals surface area contributed by atoms with Crippen LogP contribution in [0.15, 0.2) is 41.0 Å². The van der Waals surface area contributed by atoms with Crippen molar-refractivity contribution in [1.82, 2.24) is 4.98 Å². The van der Waals surface area contributed by atoms with Crippen LogP contribution < -0.4 is 0 Å². The lowest BCUT2D eigenvalue weighted by atomic mass is 10.1. The number of halogens is 1. The van der Waals surface area contributed by atoms with E-state index >= 15 is 0 Å². The van der Waals surface area contributed by atoms with E-state index in [0.29, 0.717) is 24.3 Å². The van der Waals surface area contributed by atoms with E-state index in [1.54, 1.807) is 6.92 Å². The third kappa shape index (κ3) is 3.57. The maximum absolute atomic E-state index is 12.1. The summed E-state index contributed by atoms with van der Waals surface area (Å²) in [7, 11) is 0. The number of ether oxygens (including phenoxy) is 1. The van der Waals surface area contributed by atoms with Crippen LogP contribution in [-0.2, 0) is 11.2 Å². The molecule has 0 unspecified atom stereocenters. The lowest BCUT2D eigenvalue weighted by Crippen LogP contribution is -2.05. The first-order valence-electron chi connectivity index (χ1n) is 6.23. The number of nitrogens with one attached hydrogen (secondary N) is 1. The zero-order valence-corrected chi connectivity index (χ0v) is 12.6. The molecule has 20 heavy (non-hydrogen) atoms. The van der Waals surface area contributed by atoms with E-state index in [0.717, 1.165) is 10.0 Å². The van der Waals surface area contributed by atoms with Gasteiger partial charge >= 0.3 is 5.97 Å². The summed E-state index contributed by atoms with van der Waals surface area (Å²) >= 11 is 3.35. The smallest absolute Gasteiger partial charge is 0.354 e. The molecule has 0 spiro atoms. The topological polar surface area (TPSA) is 59.2 Å². The van der Waals surface area contributed by atoms with Crippen molar-refractivity contribution < 1.29 is 14.3 Å². The van der Waals surface area contributed by atoms with Gasteiger partial charge in [0.2, 0.25) is 0 Å². The van der Waals surface area contributed by atoms with Crippen molar-refractivity contribution in [2.75, 3.05) is 6.61 Å². The standard InChI is InChI=1S/C15H14BrNO3/c1-2-20-15(19)13-8-11(9-17-13)14(18)7-10-3-5-12(16)6-4-10/h3-6,8-9,17H,2,7H2,1H3. The predicted octanol–water partition coefficient (Wildman–Crippen LogP) is 3.38. The summed E-state index contributed by atoms with van der Waals surface area (Å²) in [6, 6.07) is 9.09. The Balaban J connectivity index is 2.06. The second kappa shape index (κ2) is 6.52. The molecule has 0 aliphatic carbocycles. The maximum atomic E-state index is 12.1. The number of hydrogen-bond donors (Lipinski definition) is 1. The van der Waals surface area contributed by atoms with Crippen molar-refractivity contribution in [1.29, 1.82) is 0 Å². The predicted molar refractivity (Wildman–Crippen MR) is 78.9 cm³/mol. The zero-order valence-electron chi connectivity index (χ0n) is 11.0. The molecular formula is C15H14BrNO3. The fourth-order valence-corrected chi connectivity index (χ4v) is 2.04. The molecule has 0 atom stereocenters. The van der Waals surface area contributed by atoms with Crippen LogP contribution in [-0.4, -0.2) is 23.3 Å². The molecule has 1 N–H and O–H groups in total. The Kier molecular flexibility index (Phi) is 4.74. The van der Waals surface area contributed by atoms with Gasteiger partial charge in [0.25, 0.3) is 0 Å². The Morgan fingerprint density at radius 1 is 1.25 bits per heavy atom. The normalized spacial score (nSPS) is 10.3. The summed E-state index contributed by atoms with van der Waals surface area (Å²) in [5.74, 6) is -0.491. The summed E-state index contributed by atoms with van der Waals surface area (Å²) < 4.78 is 5.84. The number of rotatable bonds is 5. The Labute approximate surface area is 125 Å². The minimum Gasteiger partial charge on any atom is -0.461 e. The Hall–Kier alpha value is -1.88. The average molecular weight is 336 g/mol. The highest BCUT2D eigenvalue weighted by molar-refractivity contribution is 9.10. The third-order valence-corrected chi connectivity index (χ3v) is 3.31. The average Bonchev–Trinajstić information content (AvgIpc) is 2.91. The van der Waals surface area contributed by atoms with Crippen molar-refractivity contribution in [3.63, 3.8) is 0 Å². The number of carbonyl (C=O) groups excluding carboxylic acids is 2. The van der Waals surface area contributed by atoms with Crippen LogP contribution >= 0.6 is 15.9 Å². The highest BCUT2D eigenvalue weighted by Gasteiger charge is 2.14. The number of Topliss-reactive ketones (excluding diaryl/α,β-unsaturated/α-hetero) is 1. The fraction of sp³-hybridized carbons (Fsp3) is 0.200. The van der Waals surface area contributed by atoms with Gasteiger partial charge in [-0.15, -0.1) is 0 Å². The molecule has 0 aliphatic rings. The van der Waals surface area contributed by atoms with E-state index < -0.39 is 5.97 Å². The summed E-state index contributed by atoms with van der Waals surface area (Å²) in [6.45, 7) is 2.04. The van der Waals surface area contributed by atoms with Crippen molar-refractivity contribution in [2.24, 2.45) is 0 Å². The molecule has 0 aliphatic heterocycles. The molecule has 4 nitrogen and oxygen atoms in total. The second-order valence-corrected chi connectivity index (χ2v) is 5.16. The molecule has 0 fully saturated rings. The largest absolute Gasteiger partial charge is 0.461 e. The van der Waals surface area contributed by atoms with Gasteiger partial charge in [0, 0.05) is 22.7 Å². The van der Waals surface area contributed by atoms with Gasteiger partial charge in [-0.25, -0.2) is 4.79 Å². The monoisotopic (exact) mass is 335 g/mol. The quantitative estimate of drug-likeness (QED) is 0.673. The molecular weight excluding hydrogens is 322 g/mol.